The maximum atomic E-state index is 10.7. The Morgan fingerprint density at radius 2 is 1.93 bits per heavy atom. The second-order valence-corrected chi connectivity index (χ2v) is 6.92. The summed E-state index contributed by atoms with van der Waals surface area (Å²) in [6.45, 7) is 2.58. The molecule has 1 N–H and O–H groups in total. The van der Waals surface area contributed by atoms with Gasteiger partial charge in [-0.25, -0.2) is 4.79 Å². The lowest BCUT2D eigenvalue weighted by molar-refractivity contribution is 0.142. The molecule has 3 rings (SSSR count). The van der Waals surface area contributed by atoms with Crippen LogP contribution in [0.1, 0.15) is 16.8 Å². The van der Waals surface area contributed by atoms with Crippen molar-refractivity contribution >= 4 is 22.1 Å². The molecule has 146 valence electrons. The average Bonchev–Trinajstić information content (AvgIpc) is 2.99. The Labute approximate surface area is 170 Å². The van der Waals surface area contributed by atoms with E-state index >= 15 is 0 Å². The Bertz CT molecular complexity index is 986. The molecule has 2 aromatic carbocycles. The van der Waals surface area contributed by atoms with Crippen molar-refractivity contribution in [1.82, 2.24) is 9.78 Å². The van der Waals surface area contributed by atoms with E-state index in [0.717, 1.165) is 27.0 Å². The molecule has 0 spiro atoms. The van der Waals surface area contributed by atoms with E-state index in [4.69, 9.17) is 14.6 Å². The van der Waals surface area contributed by atoms with Gasteiger partial charge in [0.2, 0.25) is 5.88 Å². The third-order valence-electron chi connectivity index (χ3n) is 4.07. The van der Waals surface area contributed by atoms with Gasteiger partial charge in [0.15, 0.2) is 0 Å². The number of nitrogens with zero attached hydrogens (tertiary/aromatic N) is 2. The molecule has 0 unspecified atom stereocenters. The summed E-state index contributed by atoms with van der Waals surface area (Å²) in [5.74, 6) is 1.50. The Morgan fingerprint density at radius 1 is 1.14 bits per heavy atom. The van der Waals surface area contributed by atoms with Crippen molar-refractivity contribution in [3.05, 3.63) is 69.8 Å². The van der Waals surface area contributed by atoms with E-state index < -0.39 is 6.16 Å². The van der Waals surface area contributed by atoms with Gasteiger partial charge in [-0.3, -0.25) is 4.68 Å². The van der Waals surface area contributed by atoms with E-state index in [9.17, 15) is 4.79 Å². The van der Waals surface area contributed by atoms with Crippen LogP contribution in [0.4, 0.5) is 4.79 Å². The Morgan fingerprint density at radius 3 is 2.68 bits per heavy atom. The Hall–Kier alpha value is -3.00. The van der Waals surface area contributed by atoms with Gasteiger partial charge in [-0.2, -0.15) is 0 Å². The van der Waals surface area contributed by atoms with E-state index in [-0.39, 0.29) is 5.88 Å². The number of ether oxygens (including phenoxy) is 3. The van der Waals surface area contributed by atoms with Gasteiger partial charge in [-0.05, 0) is 31.2 Å². The zero-order chi connectivity index (χ0) is 20.1. The average molecular weight is 447 g/mol. The van der Waals surface area contributed by atoms with Crippen molar-refractivity contribution in [2.75, 3.05) is 7.11 Å². The second kappa shape index (κ2) is 8.79. The summed E-state index contributed by atoms with van der Waals surface area (Å²) >= 11 is 3.48. The van der Waals surface area contributed by atoms with Crippen molar-refractivity contribution in [3.8, 4) is 17.4 Å². The summed E-state index contributed by atoms with van der Waals surface area (Å²) in [7, 11) is 1.63. The van der Waals surface area contributed by atoms with Crippen LogP contribution < -0.4 is 14.2 Å². The second-order valence-electron chi connectivity index (χ2n) is 6.00. The topological polar surface area (TPSA) is 82.8 Å². The van der Waals surface area contributed by atoms with E-state index in [1.165, 1.54) is 0 Å². The van der Waals surface area contributed by atoms with Crippen molar-refractivity contribution in [2.45, 2.75) is 20.1 Å². The van der Waals surface area contributed by atoms with Gasteiger partial charge in [0.1, 0.15) is 18.1 Å². The van der Waals surface area contributed by atoms with Crippen LogP contribution in [0.3, 0.4) is 0 Å². The molecule has 1 heterocycles. The molecule has 0 bridgehead atoms. The van der Waals surface area contributed by atoms with Crippen LogP contribution in [0.2, 0.25) is 0 Å². The highest BCUT2D eigenvalue weighted by atomic mass is 79.9. The number of rotatable bonds is 7. The molecule has 8 heteroatoms. The fourth-order valence-corrected chi connectivity index (χ4v) is 3.14. The van der Waals surface area contributed by atoms with Crippen molar-refractivity contribution < 1.29 is 24.1 Å². The van der Waals surface area contributed by atoms with E-state index in [1.54, 1.807) is 17.9 Å². The number of carbonyl (C=O) groups is 1. The lowest BCUT2D eigenvalue weighted by atomic mass is 10.2. The molecule has 0 fully saturated rings. The van der Waals surface area contributed by atoms with E-state index in [2.05, 4.69) is 25.8 Å². The van der Waals surface area contributed by atoms with Crippen LogP contribution in [0, 0.1) is 6.92 Å². The highest BCUT2D eigenvalue weighted by Gasteiger charge is 2.13. The zero-order valence-electron chi connectivity index (χ0n) is 15.4. The first-order valence-corrected chi connectivity index (χ1v) is 9.24. The van der Waals surface area contributed by atoms with Gasteiger partial charge < -0.3 is 19.3 Å². The molecule has 0 aliphatic carbocycles. The Balaban J connectivity index is 1.81. The third-order valence-corrected chi connectivity index (χ3v) is 4.56. The number of carboxylic acid groups (broad SMARTS) is 1. The SMILES string of the molecule is COc1ccccc1COc1ccc(Br)cc1Cn1nc(OC(=O)O)cc1C. The van der Waals surface area contributed by atoms with E-state index in [0.29, 0.717) is 18.9 Å². The lowest BCUT2D eigenvalue weighted by Crippen LogP contribution is -2.08. The maximum Gasteiger partial charge on any atom is 0.512 e. The summed E-state index contributed by atoms with van der Waals surface area (Å²) in [6, 6.07) is 15.0. The van der Waals surface area contributed by atoms with E-state index in [1.807, 2.05) is 49.4 Å². The summed E-state index contributed by atoms with van der Waals surface area (Å²) in [6.07, 6.45) is -1.40. The molecule has 1 aromatic heterocycles. The number of halogens is 1. The van der Waals surface area contributed by atoms with Gasteiger partial charge >= 0.3 is 6.16 Å². The highest BCUT2D eigenvalue weighted by Crippen LogP contribution is 2.27. The molecule has 28 heavy (non-hydrogen) atoms. The van der Waals surface area contributed by atoms with Crippen LogP contribution in [-0.2, 0) is 13.2 Å². The third kappa shape index (κ3) is 4.83. The largest absolute Gasteiger partial charge is 0.512 e. The maximum absolute atomic E-state index is 10.7. The minimum absolute atomic E-state index is 0.0384. The molecule has 0 radical (unpaired) electrons. The molecule has 7 nitrogen and oxygen atoms in total. The first-order chi connectivity index (χ1) is 13.5. The smallest absolute Gasteiger partial charge is 0.496 e. The summed E-state index contributed by atoms with van der Waals surface area (Å²) in [4.78, 5) is 10.7. The quantitative estimate of drug-likeness (QED) is 0.531. The molecule has 0 aliphatic rings. The number of hydrogen-bond acceptors (Lipinski definition) is 5. The van der Waals surface area contributed by atoms with Crippen LogP contribution in [0.5, 0.6) is 17.4 Å². The first kappa shape index (κ1) is 19.8. The lowest BCUT2D eigenvalue weighted by Gasteiger charge is -2.14. The number of benzene rings is 2. The van der Waals surface area contributed by atoms with Crippen LogP contribution in [-0.4, -0.2) is 28.2 Å². The van der Waals surface area contributed by atoms with Gasteiger partial charge in [0.05, 0.1) is 13.7 Å². The van der Waals surface area contributed by atoms with Gasteiger partial charge in [0.25, 0.3) is 0 Å². The van der Waals surface area contributed by atoms with Crippen LogP contribution in [0.25, 0.3) is 0 Å². The molecule has 0 aliphatic heterocycles. The van der Waals surface area contributed by atoms with Crippen molar-refractivity contribution in [1.29, 1.82) is 0 Å². The number of aryl methyl sites for hydroxylation is 1. The molecule has 0 amide bonds. The molecular formula is C20H19BrN2O5. The standard InChI is InChI=1S/C20H19BrN2O5/c1-13-9-19(28-20(24)25)22-23(13)11-15-10-16(21)7-8-18(15)27-12-14-5-3-4-6-17(14)26-2/h3-10H,11-12H2,1-2H3,(H,24,25). The predicted molar refractivity (Wildman–Crippen MR) is 106 cm³/mol. The highest BCUT2D eigenvalue weighted by molar-refractivity contribution is 9.10. The fraction of sp³-hybridized carbons (Fsp3) is 0.200. The Kier molecular flexibility index (Phi) is 6.20. The van der Waals surface area contributed by atoms with Crippen molar-refractivity contribution in [2.24, 2.45) is 0 Å². The molecule has 0 saturated carbocycles. The monoisotopic (exact) mass is 446 g/mol. The number of hydrogen-bond donors (Lipinski definition) is 1. The number of methoxy groups -OCH3 is 1. The van der Waals surface area contributed by atoms with Crippen molar-refractivity contribution in [3.63, 3.8) is 0 Å². The van der Waals surface area contributed by atoms with Gasteiger partial charge in [-0.15, -0.1) is 5.10 Å². The van der Waals surface area contributed by atoms with Crippen LogP contribution >= 0.6 is 15.9 Å². The minimum Gasteiger partial charge on any atom is -0.496 e. The minimum atomic E-state index is -1.40. The zero-order valence-corrected chi connectivity index (χ0v) is 17.0. The molecule has 0 atom stereocenters. The summed E-state index contributed by atoms with van der Waals surface area (Å²) in [5.41, 5.74) is 2.59. The molecular weight excluding hydrogens is 428 g/mol. The summed E-state index contributed by atoms with van der Waals surface area (Å²) < 4.78 is 18.6. The van der Waals surface area contributed by atoms with Gasteiger partial charge in [-0.1, -0.05) is 34.1 Å². The predicted octanol–water partition coefficient (Wildman–Crippen LogP) is 4.65. The number of aromatic nitrogens is 2. The molecule has 3 aromatic rings. The van der Waals surface area contributed by atoms with Crippen LogP contribution in [0.15, 0.2) is 53.0 Å². The van der Waals surface area contributed by atoms with Gasteiger partial charge in [0, 0.05) is 27.4 Å². The normalized spacial score (nSPS) is 10.5. The number of para-hydroxylation sites is 1. The fourth-order valence-electron chi connectivity index (χ4n) is 2.73. The summed E-state index contributed by atoms with van der Waals surface area (Å²) in [5, 5.41) is 12.9. The first-order valence-electron chi connectivity index (χ1n) is 8.44. The molecule has 0 saturated heterocycles.